The van der Waals surface area contributed by atoms with E-state index in [1.54, 1.807) is 0 Å². The Hall–Kier alpha value is -1.85. The first-order valence-corrected chi connectivity index (χ1v) is 4.04. The van der Waals surface area contributed by atoms with Crippen LogP contribution in [0.25, 0.3) is 0 Å². The van der Waals surface area contributed by atoms with E-state index in [4.69, 9.17) is 5.73 Å². The second-order valence-corrected chi connectivity index (χ2v) is 3.39. The molecule has 0 atom stereocenters. The number of nitrogens with zero attached hydrogens (tertiary/aromatic N) is 2. The first kappa shape index (κ1) is 10.2. The fourth-order valence-electron chi connectivity index (χ4n) is 0.773. The summed E-state index contributed by atoms with van der Waals surface area (Å²) >= 11 is 0. The fourth-order valence-corrected chi connectivity index (χ4v) is 0.773. The number of carbonyl (C=O) groups excluding carboxylic acids is 2. The first-order chi connectivity index (χ1) is 6.43. The second kappa shape index (κ2) is 3.49. The number of nitrogens with one attached hydrogen (secondary N) is 1. The van der Waals surface area contributed by atoms with Gasteiger partial charge >= 0.3 is 6.03 Å². The van der Waals surface area contributed by atoms with Gasteiger partial charge < -0.3 is 11.1 Å². The molecule has 3 N–H and O–H groups in total. The Morgan fingerprint density at radius 3 is 2.57 bits per heavy atom. The van der Waals surface area contributed by atoms with Crippen molar-refractivity contribution in [1.29, 1.82) is 0 Å². The molecule has 14 heavy (non-hydrogen) atoms. The van der Waals surface area contributed by atoms with Gasteiger partial charge in [0, 0.05) is 12.4 Å². The Balaban J connectivity index is 2.71. The summed E-state index contributed by atoms with van der Waals surface area (Å²) in [7, 11) is 0. The van der Waals surface area contributed by atoms with Gasteiger partial charge in [0.25, 0.3) is 0 Å². The normalized spacial score (nSPS) is 11.0. The summed E-state index contributed by atoms with van der Waals surface area (Å²) < 4.78 is 1.23. The molecule has 0 aliphatic heterocycles. The Morgan fingerprint density at radius 1 is 1.50 bits per heavy atom. The number of hydrogen-bond acceptors (Lipinski definition) is 3. The van der Waals surface area contributed by atoms with Crippen molar-refractivity contribution in [2.45, 2.75) is 19.4 Å². The van der Waals surface area contributed by atoms with E-state index in [2.05, 4.69) is 10.3 Å². The van der Waals surface area contributed by atoms with Crippen LogP contribution in [0.3, 0.4) is 0 Å². The van der Waals surface area contributed by atoms with Gasteiger partial charge in [-0.1, -0.05) is 0 Å². The van der Waals surface area contributed by atoms with Gasteiger partial charge in [-0.05, 0) is 13.8 Å². The van der Waals surface area contributed by atoms with Gasteiger partial charge in [0.05, 0.1) is 0 Å². The third kappa shape index (κ3) is 2.09. The third-order valence-corrected chi connectivity index (χ3v) is 1.77. The molecule has 0 bridgehead atoms. The van der Waals surface area contributed by atoms with Crippen LogP contribution in [0.2, 0.25) is 0 Å². The summed E-state index contributed by atoms with van der Waals surface area (Å²) in [6, 6.07) is -0.439. The highest BCUT2D eigenvalue weighted by Gasteiger charge is 2.27. The van der Waals surface area contributed by atoms with Gasteiger partial charge in [-0.15, -0.1) is 0 Å². The van der Waals surface area contributed by atoms with Gasteiger partial charge in [-0.25, -0.2) is 9.78 Å². The number of aromatic nitrogens is 2. The van der Waals surface area contributed by atoms with E-state index in [0.29, 0.717) is 0 Å². The van der Waals surface area contributed by atoms with E-state index in [1.165, 1.54) is 37.1 Å². The average Bonchev–Trinajstić information content (AvgIpc) is 2.54. The van der Waals surface area contributed by atoms with Crippen LogP contribution in [-0.4, -0.2) is 27.0 Å². The number of nitrogens with two attached hydrogens (primary N) is 1. The quantitative estimate of drug-likeness (QED) is 0.680. The lowest BCUT2D eigenvalue weighted by Gasteiger charge is -2.21. The largest absolute Gasteiger partial charge is 0.368 e. The molecule has 1 heterocycles. The minimum atomic E-state index is -1.07. The Kier molecular flexibility index (Phi) is 2.55. The first-order valence-electron chi connectivity index (χ1n) is 4.04. The molecule has 0 saturated heterocycles. The van der Waals surface area contributed by atoms with Crippen LogP contribution in [-0.2, 0) is 4.79 Å². The van der Waals surface area contributed by atoms with Crippen molar-refractivity contribution in [1.82, 2.24) is 14.9 Å². The molecule has 0 aliphatic carbocycles. The number of imidazole rings is 1. The van der Waals surface area contributed by atoms with Crippen molar-refractivity contribution in [3.8, 4) is 0 Å². The zero-order valence-corrected chi connectivity index (χ0v) is 8.02. The van der Waals surface area contributed by atoms with Crippen LogP contribution in [0.1, 0.15) is 13.8 Å². The fraction of sp³-hybridized carbons (Fsp3) is 0.375. The topological polar surface area (TPSA) is 90.0 Å². The lowest BCUT2D eigenvalue weighted by Crippen LogP contribution is -2.53. The molecule has 0 aromatic carbocycles. The zero-order chi connectivity index (χ0) is 10.8. The van der Waals surface area contributed by atoms with Gasteiger partial charge in [-0.3, -0.25) is 9.36 Å². The molecule has 1 aromatic rings. The predicted molar refractivity (Wildman–Crippen MR) is 49.4 cm³/mol. The number of amides is 2. The van der Waals surface area contributed by atoms with Gasteiger partial charge in [-0.2, -0.15) is 0 Å². The molecule has 0 radical (unpaired) electrons. The van der Waals surface area contributed by atoms with Crippen LogP contribution >= 0.6 is 0 Å². The lowest BCUT2D eigenvalue weighted by molar-refractivity contribution is -0.122. The van der Waals surface area contributed by atoms with Gasteiger partial charge in [0.15, 0.2) is 0 Å². The van der Waals surface area contributed by atoms with Crippen molar-refractivity contribution in [3.05, 3.63) is 18.7 Å². The minimum Gasteiger partial charge on any atom is -0.368 e. The Morgan fingerprint density at radius 2 is 2.14 bits per heavy atom. The van der Waals surface area contributed by atoms with Crippen molar-refractivity contribution in [3.63, 3.8) is 0 Å². The summed E-state index contributed by atoms with van der Waals surface area (Å²) in [5.41, 5.74) is 4.03. The minimum absolute atomic E-state index is 0.439. The molecule has 76 valence electrons. The average molecular weight is 196 g/mol. The molecule has 1 aromatic heterocycles. The second-order valence-electron chi connectivity index (χ2n) is 3.39. The highest BCUT2D eigenvalue weighted by atomic mass is 16.2. The van der Waals surface area contributed by atoms with Gasteiger partial charge in [0.1, 0.15) is 11.9 Å². The molecule has 0 aliphatic rings. The highest BCUT2D eigenvalue weighted by molar-refractivity contribution is 5.89. The molecule has 6 nitrogen and oxygen atoms in total. The maximum atomic E-state index is 11.4. The van der Waals surface area contributed by atoms with E-state index in [9.17, 15) is 9.59 Å². The summed E-state index contributed by atoms with van der Waals surface area (Å²) in [4.78, 5) is 26.0. The molecule has 6 heteroatoms. The van der Waals surface area contributed by atoms with E-state index in [1.807, 2.05) is 0 Å². The summed E-state index contributed by atoms with van der Waals surface area (Å²) in [6.45, 7) is 3.06. The van der Waals surface area contributed by atoms with E-state index >= 15 is 0 Å². The van der Waals surface area contributed by atoms with Crippen molar-refractivity contribution in [2.24, 2.45) is 5.73 Å². The summed E-state index contributed by atoms with van der Waals surface area (Å²) in [5.74, 6) is -0.592. The van der Waals surface area contributed by atoms with Crippen LogP contribution in [0, 0.1) is 0 Å². The van der Waals surface area contributed by atoms with Gasteiger partial charge in [0.2, 0.25) is 5.91 Å². The summed E-state index contributed by atoms with van der Waals surface area (Å²) in [5, 5.41) is 2.47. The molecular weight excluding hydrogens is 184 g/mol. The van der Waals surface area contributed by atoms with Crippen molar-refractivity contribution in [2.75, 3.05) is 0 Å². The third-order valence-electron chi connectivity index (χ3n) is 1.77. The lowest BCUT2D eigenvalue weighted by atomic mass is 10.1. The van der Waals surface area contributed by atoms with E-state index in [-0.39, 0.29) is 0 Å². The number of hydrogen-bond donors (Lipinski definition) is 2. The monoisotopic (exact) mass is 196 g/mol. The standard InChI is InChI=1S/C8H12N4O2/c1-8(2,6(9)13)11-7(14)12-4-3-10-5-12/h3-5H,1-2H3,(H2,9,13)(H,11,14). The number of rotatable bonds is 2. The SMILES string of the molecule is CC(C)(NC(=O)n1ccnc1)C(N)=O. The molecule has 2 amide bonds. The molecule has 0 fully saturated rings. The number of carbonyl (C=O) groups is 2. The molecule has 1 rings (SSSR count). The van der Waals surface area contributed by atoms with Crippen LogP contribution in [0.4, 0.5) is 4.79 Å². The molecule has 0 unspecified atom stereocenters. The Bertz CT molecular complexity index is 342. The van der Waals surface area contributed by atoms with Crippen LogP contribution < -0.4 is 11.1 Å². The Labute approximate surface area is 81.1 Å². The van der Waals surface area contributed by atoms with Crippen LogP contribution in [0.15, 0.2) is 18.7 Å². The predicted octanol–water partition coefficient (Wildman–Crippen LogP) is -0.295. The van der Waals surface area contributed by atoms with Crippen molar-refractivity contribution >= 4 is 11.9 Å². The van der Waals surface area contributed by atoms with Crippen LogP contribution in [0.5, 0.6) is 0 Å². The maximum Gasteiger partial charge on any atom is 0.327 e. The zero-order valence-electron chi connectivity index (χ0n) is 8.02. The molecular formula is C8H12N4O2. The van der Waals surface area contributed by atoms with E-state index in [0.717, 1.165) is 0 Å². The summed E-state index contributed by atoms with van der Waals surface area (Å²) in [6.07, 6.45) is 4.29. The maximum absolute atomic E-state index is 11.4. The number of primary amides is 1. The highest BCUT2D eigenvalue weighted by Crippen LogP contribution is 2.00. The molecule has 0 spiro atoms. The van der Waals surface area contributed by atoms with Crippen molar-refractivity contribution < 1.29 is 9.59 Å². The smallest absolute Gasteiger partial charge is 0.327 e. The van der Waals surface area contributed by atoms with E-state index < -0.39 is 17.5 Å². The molecule has 0 saturated carbocycles.